The lowest BCUT2D eigenvalue weighted by Gasteiger charge is -2.14. The zero-order valence-corrected chi connectivity index (χ0v) is 21.9. The van der Waals surface area contributed by atoms with Crippen LogP contribution in [0.1, 0.15) is 45.2 Å². The first kappa shape index (κ1) is 26.1. The Morgan fingerprint density at radius 1 is 0.600 bits per heavy atom. The first-order valence-corrected chi connectivity index (χ1v) is 12.7. The van der Waals surface area contributed by atoms with Gasteiger partial charge < -0.3 is 9.47 Å². The molecule has 4 aromatic rings. The van der Waals surface area contributed by atoms with E-state index in [1.807, 2.05) is 73.5 Å². The molecule has 0 unspecified atom stereocenters. The number of hydrogen-bond acceptors (Lipinski definition) is 4. The second kappa shape index (κ2) is 12.8. The normalized spacial score (nSPS) is 12.7. The van der Waals surface area contributed by atoms with Crippen molar-refractivity contribution in [1.82, 2.24) is 19.6 Å². The maximum Gasteiger partial charge on any atom is 0.215 e. The molecule has 0 saturated heterocycles. The van der Waals surface area contributed by atoms with E-state index in [1.54, 1.807) is 0 Å². The fourth-order valence-corrected chi connectivity index (χ4v) is 4.09. The molecule has 2 aliphatic heterocycles. The summed E-state index contributed by atoms with van der Waals surface area (Å²) in [6.07, 6.45) is 1.04. The Hall–Kier alpha value is -3.54. The van der Waals surface area contributed by atoms with Gasteiger partial charge in [0.15, 0.2) is 0 Å². The molecule has 0 amide bonds. The van der Waals surface area contributed by atoms with Crippen LogP contribution in [0.4, 0.5) is 0 Å². The minimum Gasteiger partial charge on any atom is -0.478 e. The van der Waals surface area contributed by atoms with Crippen LogP contribution < -0.4 is 9.47 Å². The predicted octanol–water partition coefficient (Wildman–Crippen LogP) is 6.94. The summed E-state index contributed by atoms with van der Waals surface area (Å²) >= 11 is 0. The molecule has 0 atom stereocenters. The summed E-state index contributed by atoms with van der Waals surface area (Å²) in [6.45, 7) is 15.5. The Kier molecular flexibility index (Phi) is 9.53. The van der Waals surface area contributed by atoms with Crippen LogP contribution in [0, 0.1) is 13.8 Å². The topological polar surface area (TPSA) is 54.1 Å². The van der Waals surface area contributed by atoms with E-state index < -0.39 is 0 Å². The highest BCUT2D eigenvalue weighted by molar-refractivity contribution is 5.65. The van der Waals surface area contributed by atoms with Crippen molar-refractivity contribution < 1.29 is 9.47 Å². The van der Waals surface area contributed by atoms with Gasteiger partial charge in [-0.1, -0.05) is 88.4 Å². The Morgan fingerprint density at radius 2 is 1.03 bits per heavy atom. The molecule has 0 saturated carbocycles. The first-order valence-electron chi connectivity index (χ1n) is 12.7. The molecule has 35 heavy (non-hydrogen) atoms. The van der Waals surface area contributed by atoms with Crippen LogP contribution in [0.15, 0.2) is 60.7 Å². The molecule has 0 N–H and O–H groups in total. The monoisotopic (exact) mass is 474 g/mol. The number of benzene rings is 2. The van der Waals surface area contributed by atoms with Crippen LogP contribution in [0.25, 0.3) is 22.5 Å². The fraction of sp³-hybridized carbons (Fsp3) is 0.379. The van der Waals surface area contributed by atoms with Crippen molar-refractivity contribution in [2.75, 3.05) is 13.2 Å². The summed E-state index contributed by atoms with van der Waals surface area (Å²) in [7, 11) is 0. The molecule has 6 heteroatoms. The number of fused-ring (bicyclic) bond motifs is 2. The molecule has 0 fully saturated rings. The predicted molar refractivity (Wildman–Crippen MR) is 143 cm³/mol. The van der Waals surface area contributed by atoms with E-state index in [-0.39, 0.29) is 0 Å². The molecule has 6 nitrogen and oxygen atoms in total. The molecule has 0 bridgehead atoms. The van der Waals surface area contributed by atoms with Crippen LogP contribution in [-0.2, 0) is 13.1 Å². The van der Waals surface area contributed by atoms with E-state index in [9.17, 15) is 0 Å². The van der Waals surface area contributed by atoms with Crippen molar-refractivity contribution in [3.63, 3.8) is 0 Å². The van der Waals surface area contributed by atoms with E-state index in [2.05, 4.69) is 48.3 Å². The van der Waals surface area contributed by atoms with E-state index >= 15 is 0 Å². The van der Waals surface area contributed by atoms with Crippen molar-refractivity contribution in [3.05, 3.63) is 71.8 Å². The second-order valence-corrected chi connectivity index (χ2v) is 7.79. The van der Waals surface area contributed by atoms with Crippen LogP contribution in [0.3, 0.4) is 0 Å². The Labute approximate surface area is 209 Å². The molecule has 4 heterocycles. The van der Waals surface area contributed by atoms with Gasteiger partial charge in [0, 0.05) is 35.2 Å². The highest BCUT2D eigenvalue weighted by atomic mass is 16.5. The Bertz CT molecular complexity index is 1180. The zero-order chi connectivity index (χ0) is 25.2. The summed E-state index contributed by atoms with van der Waals surface area (Å²) in [6, 6.07) is 20.5. The molecule has 0 radical (unpaired) electrons. The van der Waals surface area contributed by atoms with Gasteiger partial charge in [0.1, 0.15) is 6.61 Å². The Balaban J connectivity index is 0.000000172. The number of nitrogens with zero attached hydrogens (tertiary/aromatic N) is 4. The third-order valence-corrected chi connectivity index (χ3v) is 5.65. The van der Waals surface area contributed by atoms with Crippen LogP contribution in [0.5, 0.6) is 11.8 Å². The molecule has 0 spiro atoms. The van der Waals surface area contributed by atoms with E-state index in [0.29, 0.717) is 0 Å². The van der Waals surface area contributed by atoms with Gasteiger partial charge in [-0.05, 0) is 13.8 Å². The lowest BCUT2D eigenvalue weighted by Crippen LogP contribution is -2.14. The average Bonchev–Trinajstić information content (AvgIpc) is 3.63. The number of ether oxygens (including phenoxy) is 2. The highest BCUT2D eigenvalue weighted by Crippen LogP contribution is 2.32. The van der Waals surface area contributed by atoms with Crippen LogP contribution >= 0.6 is 0 Å². The fourth-order valence-electron chi connectivity index (χ4n) is 4.09. The number of hydrogen-bond donors (Lipinski definition) is 0. The molecule has 6 rings (SSSR count). The summed E-state index contributed by atoms with van der Waals surface area (Å²) in [5.41, 5.74) is 6.67. The van der Waals surface area contributed by atoms with Crippen molar-refractivity contribution >= 4 is 0 Å². The lowest BCUT2D eigenvalue weighted by atomic mass is 10.1. The molecule has 2 aromatic heterocycles. The third kappa shape index (κ3) is 5.76. The SMILES string of the molecule is CC.CC.Cc1c(-c2ccccc2)nn2c1OCC2.Cc1c(-c2ccccc2)nn2c1OCCC2. The van der Waals surface area contributed by atoms with Gasteiger partial charge in [0.05, 0.1) is 24.5 Å². The minimum absolute atomic E-state index is 0.748. The quantitative estimate of drug-likeness (QED) is 0.316. The minimum atomic E-state index is 0.748. The van der Waals surface area contributed by atoms with Crippen molar-refractivity contribution in [2.24, 2.45) is 0 Å². The summed E-state index contributed by atoms with van der Waals surface area (Å²) in [5.74, 6) is 1.86. The average molecular weight is 475 g/mol. The van der Waals surface area contributed by atoms with Gasteiger partial charge in [-0.15, -0.1) is 0 Å². The van der Waals surface area contributed by atoms with E-state index in [4.69, 9.17) is 9.47 Å². The molecular weight excluding hydrogens is 436 g/mol. The van der Waals surface area contributed by atoms with Gasteiger partial charge in [0.25, 0.3) is 0 Å². The third-order valence-electron chi connectivity index (χ3n) is 5.65. The van der Waals surface area contributed by atoms with Crippen molar-refractivity contribution in [2.45, 2.75) is 61.1 Å². The van der Waals surface area contributed by atoms with Gasteiger partial charge >= 0.3 is 0 Å². The molecule has 2 aliphatic rings. The lowest BCUT2D eigenvalue weighted by molar-refractivity contribution is 0.229. The maximum atomic E-state index is 5.66. The summed E-state index contributed by atoms with van der Waals surface area (Å²) in [4.78, 5) is 0. The number of aromatic nitrogens is 4. The second-order valence-electron chi connectivity index (χ2n) is 7.79. The van der Waals surface area contributed by atoms with Crippen molar-refractivity contribution in [1.29, 1.82) is 0 Å². The van der Waals surface area contributed by atoms with Gasteiger partial charge in [-0.3, -0.25) is 0 Å². The smallest absolute Gasteiger partial charge is 0.215 e. The zero-order valence-electron chi connectivity index (χ0n) is 21.9. The van der Waals surface area contributed by atoms with Gasteiger partial charge in [-0.25, -0.2) is 9.36 Å². The van der Waals surface area contributed by atoms with Crippen LogP contribution in [-0.4, -0.2) is 32.8 Å². The summed E-state index contributed by atoms with van der Waals surface area (Å²) in [5, 5.41) is 9.16. The highest BCUT2D eigenvalue weighted by Gasteiger charge is 2.21. The van der Waals surface area contributed by atoms with Crippen LogP contribution in [0.2, 0.25) is 0 Å². The van der Waals surface area contributed by atoms with Crippen molar-refractivity contribution in [3.8, 4) is 34.3 Å². The van der Waals surface area contributed by atoms with Gasteiger partial charge in [-0.2, -0.15) is 10.2 Å². The molecular formula is C29H38N4O2. The summed E-state index contributed by atoms with van der Waals surface area (Å²) < 4.78 is 15.1. The number of aryl methyl sites for hydroxylation is 1. The molecule has 2 aromatic carbocycles. The largest absolute Gasteiger partial charge is 0.478 e. The standard InChI is InChI=1S/C13H14N2O.C12H12N2O.2C2H6/c1-10-12(11-6-3-2-4-7-11)14-15-8-5-9-16-13(10)15;1-9-11(10-5-3-2-4-6-10)13-14-7-8-15-12(9)14;2*1-2/h2-4,6-7H,5,8-9H2,1H3;2-6H,7-8H2,1H3;2*1-2H3. The molecule has 0 aliphatic carbocycles. The Morgan fingerprint density at radius 3 is 1.46 bits per heavy atom. The maximum absolute atomic E-state index is 5.66. The van der Waals surface area contributed by atoms with E-state index in [0.717, 1.165) is 78.1 Å². The van der Waals surface area contributed by atoms with Gasteiger partial charge in [0.2, 0.25) is 11.8 Å². The first-order chi connectivity index (χ1) is 17.2. The number of rotatable bonds is 2. The van der Waals surface area contributed by atoms with E-state index in [1.165, 1.54) is 0 Å². The molecule has 186 valence electrons.